The van der Waals surface area contributed by atoms with Gasteiger partial charge in [0.15, 0.2) is 5.70 Å². The first-order valence-electron chi connectivity index (χ1n) is 8.03. The summed E-state index contributed by atoms with van der Waals surface area (Å²) >= 11 is 6.88. The van der Waals surface area contributed by atoms with E-state index >= 15 is 0 Å². The van der Waals surface area contributed by atoms with Crippen LogP contribution in [-0.4, -0.2) is 22.3 Å². The van der Waals surface area contributed by atoms with Crippen LogP contribution in [0, 0.1) is 0 Å². The summed E-state index contributed by atoms with van der Waals surface area (Å²) in [6, 6.07) is 13.0. The molecule has 0 fully saturated rings. The van der Waals surface area contributed by atoms with E-state index in [0.29, 0.717) is 11.1 Å². The molecule has 134 valence electrons. The Hall–Kier alpha value is -2.51. The summed E-state index contributed by atoms with van der Waals surface area (Å²) < 4.78 is 8.55. The van der Waals surface area contributed by atoms with Crippen LogP contribution in [0.3, 0.4) is 0 Å². The van der Waals surface area contributed by atoms with Crippen LogP contribution >= 0.6 is 31.9 Å². The normalized spacial score (nSPS) is 15.3. The minimum absolute atomic E-state index is 0.113. The predicted molar refractivity (Wildman–Crippen MR) is 111 cm³/mol. The second-order valence-corrected chi connectivity index (χ2v) is 7.72. The molecular weight excluding hydrogens is 476 g/mol. The quantitative estimate of drug-likeness (QED) is 0.370. The highest BCUT2D eigenvalue weighted by Gasteiger charge is 2.26. The summed E-state index contributed by atoms with van der Waals surface area (Å²) in [7, 11) is 0. The van der Waals surface area contributed by atoms with Crippen molar-refractivity contribution in [2.75, 3.05) is 0 Å². The smallest absolute Gasteiger partial charge is 0.363 e. The molecule has 1 aromatic heterocycles. The van der Waals surface area contributed by atoms with Crippen molar-refractivity contribution in [2.24, 2.45) is 4.99 Å². The Morgan fingerprint density at radius 3 is 2.70 bits per heavy atom. The van der Waals surface area contributed by atoms with E-state index in [1.165, 1.54) is 6.92 Å². The molecule has 0 saturated heterocycles. The van der Waals surface area contributed by atoms with Crippen molar-refractivity contribution in [3.8, 4) is 0 Å². The van der Waals surface area contributed by atoms with Crippen LogP contribution in [0.1, 0.15) is 22.8 Å². The van der Waals surface area contributed by atoms with Gasteiger partial charge in [-0.1, -0.05) is 28.1 Å². The third-order valence-corrected chi connectivity index (χ3v) is 5.34. The lowest BCUT2D eigenvalue weighted by Crippen LogP contribution is -2.05. The Morgan fingerprint density at radius 1 is 1.19 bits per heavy atom. The molecule has 27 heavy (non-hydrogen) atoms. The molecule has 0 bridgehead atoms. The minimum atomic E-state index is -0.528. The zero-order valence-electron chi connectivity index (χ0n) is 14.1. The van der Waals surface area contributed by atoms with E-state index < -0.39 is 5.97 Å². The Bertz CT molecular complexity index is 1180. The maximum atomic E-state index is 12.3. The first-order chi connectivity index (χ1) is 12.9. The van der Waals surface area contributed by atoms with Gasteiger partial charge in [0.1, 0.15) is 0 Å². The van der Waals surface area contributed by atoms with Gasteiger partial charge >= 0.3 is 5.97 Å². The van der Waals surface area contributed by atoms with Crippen LogP contribution < -0.4 is 0 Å². The molecule has 0 N–H and O–H groups in total. The van der Waals surface area contributed by atoms with Crippen LogP contribution in [0.2, 0.25) is 0 Å². The lowest BCUT2D eigenvalue weighted by molar-refractivity contribution is -0.129. The third kappa shape index (κ3) is 3.28. The predicted octanol–water partition coefficient (Wildman–Crippen LogP) is 5.17. The third-order valence-electron chi connectivity index (χ3n) is 4.15. The van der Waals surface area contributed by atoms with E-state index in [-0.39, 0.29) is 17.5 Å². The van der Waals surface area contributed by atoms with E-state index in [9.17, 15) is 9.59 Å². The largest absolute Gasteiger partial charge is 0.402 e. The van der Waals surface area contributed by atoms with Crippen LogP contribution in [0.15, 0.2) is 68.3 Å². The summed E-state index contributed by atoms with van der Waals surface area (Å²) in [5.74, 6) is -0.395. The second-order valence-electron chi connectivity index (χ2n) is 5.95. The summed E-state index contributed by atoms with van der Waals surface area (Å²) in [6.45, 7) is 1.49. The number of hydrogen-bond donors (Lipinski definition) is 0. The maximum Gasteiger partial charge on any atom is 0.363 e. The van der Waals surface area contributed by atoms with Gasteiger partial charge in [0.25, 0.3) is 0 Å². The number of cyclic esters (lactones) is 1. The van der Waals surface area contributed by atoms with Gasteiger partial charge < -0.3 is 4.74 Å². The monoisotopic (exact) mass is 486 g/mol. The number of benzene rings is 2. The van der Waals surface area contributed by atoms with Gasteiger partial charge in [-0.25, -0.2) is 9.79 Å². The number of carbonyl (C=O) groups excluding carboxylic acids is 2. The molecule has 2 heterocycles. The van der Waals surface area contributed by atoms with Gasteiger partial charge in [-0.05, 0) is 52.3 Å². The van der Waals surface area contributed by atoms with Crippen LogP contribution in [0.25, 0.3) is 17.0 Å². The minimum Gasteiger partial charge on any atom is -0.402 e. The molecule has 0 radical (unpaired) electrons. The average molecular weight is 488 g/mol. The van der Waals surface area contributed by atoms with Crippen LogP contribution in [-0.2, 0) is 9.53 Å². The molecule has 2 aromatic carbocycles. The van der Waals surface area contributed by atoms with Gasteiger partial charge in [-0.2, -0.15) is 0 Å². The Kier molecular flexibility index (Phi) is 4.57. The number of aromatic nitrogens is 1. The van der Waals surface area contributed by atoms with E-state index in [4.69, 9.17) is 4.74 Å². The Morgan fingerprint density at radius 2 is 1.96 bits per heavy atom. The standard InChI is InChI=1S/C20H12Br2N2O3/c1-11(25)24-10-12(15-9-13(21)6-7-18(15)24)8-17-20(26)27-19(23-17)14-4-2-3-5-16(14)22/h2-10H,1H3. The van der Waals surface area contributed by atoms with E-state index in [0.717, 1.165) is 19.8 Å². The molecule has 0 saturated carbocycles. The van der Waals surface area contributed by atoms with Gasteiger partial charge in [0.05, 0.1) is 11.1 Å². The summed E-state index contributed by atoms with van der Waals surface area (Å²) in [4.78, 5) is 28.6. The zero-order valence-corrected chi connectivity index (χ0v) is 17.2. The number of carbonyl (C=O) groups is 2. The fourth-order valence-corrected chi connectivity index (χ4v) is 3.73. The Balaban J connectivity index is 1.84. The van der Waals surface area contributed by atoms with Crippen molar-refractivity contribution >= 4 is 66.6 Å². The number of fused-ring (bicyclic) bond motifs is 1. The number of halogens is 2. The molecule has 0 unspecified atom stereocenters. The molecule has 0 aliphatic carbocycles. The number of rotatable bonds is 2. The second kappa shape index (κ2) is 6.90. The fraction of sp³-hybridized carbons (Fsp3) is 0.0500. The first-order valence-corrected chi connectivity index (χ1v) is 9.61. The van der Waals surface area contributed by atoms with Crippen molar-refractivity contribution in [3.05, 3.63) is 74.4 Å². The molecule has 1 aliphatic heterocycles. The molecule has 0 atom stereocenters. The molecule has 4 rings (SSSR count). The number of ether oxygens (including phenoxy) is 1. The van der Waals surface area contributed by atoms with E-state index in [2.05, 4.69) is 36.9 Å². The van der Waals surface area contributed by atoms with E-state index in [1.807, 2.05) is 42.5 Å². The molecule has 0 spiro atoms. The van der Waals surface area contributed by atoms with Crippen LogP contribution in [0.4, 0.5) is 0 Å². The number of nitrogens with zero attached hydrogens (tertiary/aromatic N) is 2. The zero-order chi connectivity index (χ0) is 19.1. The molecular formula is C20H12Br2N2O3. The van der Waals surface area contributed by atoms with Gasteiger partial charge in [-0.3, -0.25) is 9.36 Å². The van der Waals surface area contributed by atoms with Gasteiger partial charge in [-0.15, -0.1) is 0 Å². The highest BCUT2D eigenvalue weighted by atomic mass is 79.9. The molecule has 7 heteroatoms. The summed E-state index contributed by atoms with van der Waals surface area (Å²) in [5, 5.41) is 0.837. The summed E-state index contributed by atoms with van der Waals surface area (Å²) in [6.07, 6.45) is 3.34. The molecule has 0 amide bonds. The van der Waals surface area contributed by atoms with Crippen molar-refractivity contribution in [2.45, 2.75) is 6.92 Å². The van der Waals surface area contributed by atoms with Crippen molar-refractivity contribution in [3.63, 3.8) is 0 Å². The topological polar surface area (TPSA) is 60.7 Å². The highest BCUT2D eigenvalue weighted by Crippen LogP contribution is 2.29. The highest BCUT2D eigenvalue weighted by molar-refractivity contribution is 9.10. The number of hydrogen-bond acceptors (Lipinski definition) is 4. The average Bonchev–Trinajstić information content (AvgIpc) is 3.17. The molecule has 3 aromatic rings. The van der Waals surface area contributed by atoms with Gasteiger partial charge in [0.2, 0.25) is 11.8 Å². The Labute approximate surface area is 171 Å². The van der Waals surface area contributed by atoms with E-state index in [1.54, 1.807) is 16.8 Å². The lowest BCUT2D eigenvalue weighted by atomic mass is 10.1. The van der Waals surface area contributed by atoms with Crippen molar-refractivity contribution in [1.82, 2.24) is 4.57 Å². The van der Waals surface area contributed by atoms with Crippen molar-refractivity contribution in [1.29, 1.82) is 0 Å². The first kappa shape index (κ1) is 17.9. The van der Waals surface area contributed by atoms with Crippen molar-refractivity contribution < 1.29 is 14.3 Å². The van der Waals surface area contributed by atoms with Crippen LogP contribution in [0.5, 0.6) is 0 Å². The number of esters is 1. The fourth-order valence-electron chi connectivity index (χ4n) is 2.91. The molecule has 1 aliphatic rings. The SMILES string of the molecule is CC(=O)n1cc(C=C2N=C(c3ccccc3Br)OC2=O)c2cc(Br)ccc21. The number of aliphatic imine (C=N–C) groups is 1. The maximum absolute atomic E-state index is 12.3. The molecule has 5 nitrogen and oxygen atoms in total. The van der Waals surface area contributed by atoms with Gasteiger partial charge in [0, 0.05) is 33.0 Å². The lowest BCUT2D eigenvalue weighted by Gasteiger charge is -2.01. The summed E-state index contributed by atoms with van der Waals surface area (Å²) in [5.41, 5.74) is 2.36.